The molecule has 0 aliphatic rings. The first kappa shape index (κ1) is 9.02. The van der Waals surface area contributed by atoms with E-state index in [4.69, 9.17) is 10.00 Å². The van der Waals surface area contributed by atoms with Crippen molar-refractivity contribution < 1.29 is 4.74 Å². The van der Waals surface area contributed by atoms with Crippen LogP contribution in [0.3, 0.4) is 0 Å². The van der Waals surface area contributed by atoms with E-state index in [0.29, 0.717) is 0 Å². The summed E-state index contributed by atoms with van der Waals surface area (Å²) in [4.78, 5) is 7.63. The number of hydrogen-bond acceptors (Lipinski definition) is 4. The minimum Gasteiger partial charge on any atom is -0.462 e. The summed E-state index contributed by atoms with van der Waals surface area (Å²) >= 11 is 0. The monoisotopic (exact) mass is 173 g/mol. The van der Waals surface area contributed by atoms with Gasteiger partial charge in [0.15, 0.2) is 6.61 Å². The van der Waals surface area contributed by atoms with Gasteiger partial charge in [0.05, 0.1) is 0 Å². The highest BCUT2D eigenvalue weighted by molar-refractivity contribution is 5.30. The highest BCUT2D eigenvalue weighted by Gasteiger charge is 2.02. The molecule has 13 heavy (non-hydrogen) atoms. The minimum absolute atomic E-state index is 0.181. The zero-order valence-electron chi connectivity index (χ0n) is 7.11. The molecule has 1 aromatic heterocycles. The van der Waals surface area contributed by atoms with Gasteiger partial charge in [-0.15, -0.1) is 5.92 Å². The maximum absolute atomic E-state index is 8.61. The van der Waals surface area contributed by atoms with Crippen LogP contribution < -0.4 is 4.74 Å². The molecule has 1 rings (SSSR count). The summed E-state index contributed by atoms with van der Waals surface area (Å²) in [6.07, 6.45) is 2.91. The quantitative estimate of drug-likeness (QED) is 0.619. The van der Waals surface area contributed by atoms with Crippen molar-refractivity contribution in [2.24, 2.45) is 0 Å². The lowest BCUT2D eigenvalue weighted by Gasteiger charge is -1.99. The van der Waals surface area contributed by atoms with Crippen molar-refractivity contribution in [1.82, 2.24) is 9.97 Å². The summed E-state index contributed by atoms with van der Waals surface area (Å²) in [7, 11) is 0. The van der Waals surface area contributed by atoms with Gasteiger partial charge in [-0.05, 0) is 6.92 Å². The van der Waals surface area contributed by atoms with Gasteiger partial charge in [-0.3, -0.25) is 0 Å². The van der Waals surface area contributed by atoms with Crippen molar-refractivity contribution in [2.45, 2.75) is 6.92 Å². The molecule has 1 heterocycles. The van der Waals surface area contributed by atoms with E-state index in [0.717, 1.165) is 0 Å². The summed E-state index contributed by atoms with van der Waals surface area (Å²) in [6.45, 7) is 1.94. The number of nitriles is 1. The normalized spacial score (nSPS) is 8.00. The van der Waals surface area contributed by atoms with Gasteiger partial charge in [-0.2, -0.15) is 5.26 Å². The summed E-state index contributed by atoms with van der Waals surface area (Å²) < 4.78 is 5.10. The third kappa shape index (κ3) is 2.46. The van der Waals surface area contributed by atoms with Gasteiger partial charge in [-0.25, -0.2) is 9.97 Å². The summed E-state index contributed by atoms with van der Waals surface area (Å²) in [5.41, 5.74) is 0.181. The van der Waals surface area contributed by atoms with Crippen LogP contribution in [0.4, 0.5) is 0 Å². The first-order valence-electron chi connectivity index (χ1n) is 3.62. The average molecular weight is 173 g/mol. The molecule has 0 aliphatic heterocycles. The fraction of sp³-hybridized carbons (Fsp3) is 0.222. The van der Waals surface area contributed by atoms with Crippen LogP contribution >= 0.6 is 0 Å². The number of nitrogens with zero attached hydrogens (tertiary/aromatic N) is 3. The molecule has 0 fully saturated rings. The van der Waals surface area contributed by atoms with Crippen LogP contribution in [0.2, 0.25) is 0 Å². The molecule has 64 valence electrons. The minimum atomic E-state index is 0.181. The molecule has 0 spiro atoms. The van der Waals surface area contributed by atoms with E-state index in [1.165, 1.54) is 12.4 Å². The second-order valence-electron chi connectivity index (χ2n) is 2.04. The van der Waals surface area contributed by atoms with E-state index in [9.17, 15) is 0 Å². The first-order chi connectivity index (χ1) is 6.38. The summed E-state index contributed by atoms with van der Waals surface area (Å²) in [5.74, 6) is 5.60. The van der Waals surface area contributed by atoms with E-state index in [1.807, 2.05) is 6.07 Å². The smallest absolute Gasteiger partial charge is 0.252 e. The molecule has 1 aromatic rings. The van der Waals surface area contributed by atoms with Gasteiger partial charge in [0.25, 0.3) is 5.88 Å². The molecule has 0 saturated heterocycles. The lowest BCUT2D eigenvalue weighted by Crippen LogP contribution is -1.99. The fourth-order valence-corrected chi connectivity index (χ4v) is 0.684. The Bertz CT molecular complexity index is 384. The molecule has 0 atom stereocenters. The van der Waals surface area contributed by atoms with Crippen LogP contribution in [0.15, 0.2) is 12.4 Å². The summed E-state index contributed by atoms with van der Waals surface area (Å²) in [6, 6.07) is 1.88. The predicted molar refractivity (Wildman–Crippen MR) is 45.7 cm³/mol. The number of rotatable bonds is 2. The van der Waals surface area contributed by atoms with E-state index >= 15 is 0 Å². The van der Waals surface area contributed by atoms with Crippen LogP contribution in [0.5, 0.6) is 5.88 Å². The Balaban J connectivity index is 2.75. The van der Waals surface area contributed by atoms with Crippen LogP contribution in [0, 0.1) is 23.2 Å². The van der Waals surface area contributed by atoms with E-state index < -0.39 is 0 Å². The molecule has 4 nitrogen and oxygen atoms in total. The predicted octanol–water partition coefficient (Wildman–Crippen LogP) is 0.750. The van der Waals surface area contributed by atoms with Crippen molar-refractivity contribution >= 4 is 0 Å². The molecule has 0 unspecified atom stereocenters. The molecule has 0 saturated carbocycles. The van der Waals surface area contributed by atoms with E-state index in [2.05, 4.69) is 21.8 Å². The van der Waals surface area contributed by atoms with E-state index in [-0.39, 0.29) is 18.2 Å². The van der Waals surface area contributed by atoms with Gasteiger partial charge in [-0.1, -0.05) is 5.92 Å². The Hall–Kier alpha value is -2.07. The van der Waals surface area contributed by atoms with Crippen molar-refractivity contribution in [3.8, 4) is 23.8 Å². The standard InChI is InChI=1S/C9H7N3O/c1-2-3-6-13-9-8(7-10)11-4-5-12-9/h4-5H,6H2,1H3. The first-order valence-corrected chi connectivity index (χ1v) is 3.62. The molecule has 0 bridgehead atoms. The van der Waals surface area contributed by atoms with E-state index in [1.54, 1.807) is 6.92 Å². The molecule has 0 aromatic carbocycles. The Morgan fingerprint density at radius 1 is 1.46 bits per heavy atom. The fourth-order valence-electron chi connectivity index (χ4n) is 0.684. The van der Waals surface area contributed by atoms with Crippen LogP contribution in [0.1, 0.15) is 12.6 Å². The molecule has 0 amide bonds. The molecule has 0 aliphatic carbocycles. The van der Waals surface area contributed by atoms with Crippen LogP contribution in [-0.2, 0) is 0 Å². The SMILES string of the molecule is CC#CCOc1nccnc1C#N. The average Bonchev–Trinajstić information content (AvgIpc) is 2.19. The lowest BCUT2D eigenvalue weighted by molar-refractivity contribution is 0.352. The maximum atomic E-state index is 8.61. The van der Waals surface area contributed by atoms with Crippen molar-refractivity contribution in [1.29, 1.82) is 5.26 Å². The van der Waals surface area contributed by atoms with Gasteiger partial charge < -0.3 is 4.74 Å². The van der Waals surface area contributed by atoms with Gasteiger partial charge in [0.1, 0.15) is 6.07 Å². The molecular weight excluding hydrogens is 166 g/mol. The molecule has 4 heteroatoms. The Labute approximate surface area is 76.2 Å². The lowest BCUT2D eigenvalue weighted by atomic mass is 10.5. The molecule has 0 radical (unpaired) electrons. The number of ether oxygens (including phenoxy) is 1. The van der Waals surface area contributed by atoms with Gasteiger partial charge in [0.2, 0.25) is 5.69 Å². The topological polar surface area (TPSA) is 58.8 Å². The second-order valence-corrected chi connectivity index (χ2v) is 2.04. The largest absolute Gasteiger partial charge is 0.462 e. The molecular formula is C9H7N3O. The zero-order chi connectivity index (χ0) is 9.52. The number of aromatic nitrogens is 2. The Kier molecular flexibility index (Phi) is 3.29. The Morgan fingerprint density at radius 3 is 2.92 bits per heavy atom. The highest BCUT2D eigenvalue weighted by Crippen LogP contribution is 2.08. The van der Waals surface area contributed by atoms with Crippen molar-refractivity contribution in [3.63, 3.8) is 0 Å². The number of hydrogen-bond donors (Lipinski definition) is 0. The van der Waals surface area contributed by atoms with Crippen molar-refractivity contribution in [2.75, 3.05) is 6.61 Å². The third-order valence-electron chi connectivity index (χ3n) is 1.23. The molecule has 0 N–H and O–H groups in total. The van der Waals surface area contributed by atoms with Gasteiger partial charge in [0, 0.05) is 12.4 Å². The second kappa shape index (κ2) is 4.74. The van der Waals surface area contributed by atoms with Gasteiger partial charge >= 0.3 is 0 Å². The third-order valence-corrected chi connectivity index (χ3v) is 1.23. The zero-order valence-corrected chi connectivity index (χ0v) is 7.11. The van der Waals surface area contributed by atoms with Crippen LogP contribution in [-0.4, -0.2) is 16.6 Å². The van der Waals surface area contributed by atoms with Crippen LogP contribution in [0.25, 0.3) is 0 Å². The highest BCUT2D eigenvalue weighted by atomic mass is 16.5. The summed E-state index contributed by atoms with van der Waals surface area (Å²) in [5, 5.41) is 8.61. The Morgan fingerprint density at radius 2 is 2.23 bits per heavy atom. The van der Waals surface area contributed by atoms with Crippen molar-refractivity contribution in [3.05, 3.63) is 18.1 Å². The maximum Gasteiger partial charge on any atom is 0.252 e.